The number of hydrogen-bond donors (Lipinski definition) is 1. The number of carboxylic acids is 1. The van der Waals surface area contributed by atoms with Gasteiger partial charge in [-0.05, 0) is 25.0 Å². The molecule has 0 unspecified atom stereocenters. The summed E-state index contributed by atoms with van der Waals surface area (Å²) >= 11 is 0. The lowest BCUT2D eigenvalue weighted by atomic mass is 10.1. The van der Waals surface area contributed by atoms with Gasteiger partial charge in [-0.2, -0.15) is 0 Å². The zero-order chi connectivity index (χ0) is 12.8. The van der Waals surface area contributed by atoms with Crippen LogP contribution in [0.1, 0.15) is 29.3 Å². The summed E-state index contributed by atoms with van der Waals surface area (Å²) in [5.74, 6) is -2.44. The summed E-state index contributed by atoms with van der Waals surface area (Å²) in [5, 5.41) is 8.51. The highest BCUT2D eigenvalue weighted by Gasteiger charge is 2.16. The van der Waals surface area contributed by atoms with Gasteiger partial charge in [0, 0.05) is 6.42 Å². The van der Waals surface area contributed by atoms with Crippen molar-refractivity contribution >= 4 is 11.9 Å². The first-order chi connectivity index (χ1) is 8.06. The van der Waals surface area contributed by atoms with Gasteiger partial charge >= 0.3 is 11.9 Å². The molecule has 0 saturated carbocycles. The highest BCUT2D eigenvalue weighted by molar-refractivity contribution is 5.90. The Morgan fingerprint density at radius 2 is 2.12 bits per heavy atom. The molecule has 0 amide bonds. The number of esters is 1. The highest BCUT2D eigenvalue weighted by Crippen LogP contribution is 2.15. The Morgan fingerprint density at radius 3 is 2.71 bits per heavy atom. The van der Waals surface area contributed by atoms with Crippen molar-refractivity contribution in [3.05, 3.63) is 35.1 Å². The van der Waals surface area contributed by atoms with E-state index in [2.05, 4.69) is 0 Å². The number of halogens is 1. The molecule has 17 heavy (non-hydrogen) atoms. The van der Waals surface area contributed by atoms with Crippen LogP contribution >= 0.6 is 0 Å². The summed E-state index contributed by atoms with van der Waals surface area (Å²) in [6.45, 7) is 1.79. The predicted octanol–water partition coefficient (Wildman–Crippen LogP) is 2.02. The monoisotopic (exact) mass is 240 g/mol. The van der Waals surface area contributed by atoms with Crippen LogP contribution in [-0.4, -0.2) is 23.7 Å². The number of benzene rings is 1. The lowest BCUT2D eigenvalue weighted by molar-refractivity contribution is -0.136. The van der Waals surface area contributed by atoms with E-state index in [-0.39, 0.29) is 30.6 Å². The summed E-state index contributed by atoms with van der Waals surface area (Å²) in [4.78, 5) is 21.8. The van der Waals surface area contributed by atoms with Crippen LogP contribution in [0.5, 0.6) is 0 Å². The number of hydrogen-bond acceptors (Lipinski definition) is 3. The predicted molar refractivity (Wildman–Crippen MR) is 58.3 cm³/mol. The van der Waals surface area contributed by atoms with Crippen LogP contribution in [0.15, 0.2) is 18.2 Å². The van der Waals surface area contributed by atoms with Crippen LogP contribution in [-0.2, 0) is 16.0 Å². The summed E-state index contributed by atoms with van der Waals surface area (Å²) < 4.78 is 18.5. The van der Waals surface area contributed by atoms with Crippen molar-refractivity contribution in [1.29, 1.82) is 0 Å². The number of carboxylic acid groups (broad SMARTS) is 1. The van der Waals surface area contributed by atoms with Gasteiger partial charge in [0.1, 0.15) is 5.82 Å². The fourth-order valence-corrected chi connectivity index (χ4v) is 1.38. The Kier molecular flexibility index (Phi) is 4.63. The van der Waals surface area contributed by atoms with Gasteiger partial charge in [0.2, 0.25) is 0 Å². The smallest absolute Gasteiger partial charge is 0.341 e. The van der Waals surface area contributed by atoms with Gasteiger partial charge in [-0.25, -0.2) is 9.18 Å². The first-order valence-electron chi connectivity index (χ1n) is 5.22. The van der Waals surface area contributed by atoms with E-state index in [0.29, 0.717) is 0 Å². The van der Waals surface area contributed by atoms with Crippen LogP contribution in [0, 0.1) is 5.82 Å². The van der Waals surface area contributed by atoms with Crippen molar-refractivity contribution in [3.63, 3.8) is 0 Å². The van der Waals surface area contributed by atoms with Crippen LogP contribution in [0.25, 0.3) is 0 Å². The molecule has 5 heteroatoms. The zero-order valence-corrected chi connectivity index (χ0v) is 9.40. The maximum absolute atomic E-state index is 13.8. The van der Waals surface area contributed by atoms with Crippen LogP contribution in [0.4, 0.5) is 4.39 Å². The molecule has 0 saturated heterocycles. The molecule has 0 aliphatic carbocycles. The number of rotatable bonds is 5. The van der Waals surface area contributed by atoms with E-state index in [1.807, 2.05) is 0 Å². The minimum Gasteiger partial charge on any atom is -0.481 e. The quantitative estimate of drug-likeness (QED) is 0.800. The number of carbonyl (C=O) groups excluding carboxylic acids is 1. The van der Waals surface area contributed by atoms with Crippen LogP contribution < -0.4 is 0 Å². The van der Waals surface area contributed by atoms with E-state index < -0.39 is 17.8 Å². The second kappa shape index (κ2) is 5.98. The van der Waals surface area contributed by atoms with E-state index in [1.54, 1.807) is 6.92 Å². The van der Waals surface area contributed by atoms with E-state index in [0.717, 1.165) is 0 Å². The zero-order valence-electron chi connectivity index (χ0n) is 9.40. The summed E-state index contributed by atoms with van der Waals surface area (Å²) in [7, 11) is 0. The normalized spacial score (nSPS) is 10.0. The van der Waals surface area contributed by atoms with Gasteiger partial charge in [-0.3, -0.25) is 4.79 Å². The first-order valence-corrected chi connectivity index (χ1v) is 5.22. The average Bonchev–Trinajstić information content (AvgIpc) is 2.27. The molecule has 1 aromatic carbocycles. The third-order valence-corrected chi connectivity index (χ3v) is 2.18. The maximum atomic E-state index is 13.8. The molecule has 0 aliphatic rings. The average molecular weight is 240 g/mol. The second-order valence-electron chi connectivity index (χ2n) is 3.39. The topological polar surface area (TPSA) is 63.6 Å². The molecule has 0 spiro atoms. The van der Waals surface area contributed by atoms with E-state index in [9.17, 15) is 14.0 Å². The summed E-state index contributed by atoms with van der Waals surface area (Å²) in [5.41, 5.74) is 0.0488. The third kappa shape index (κ3) is 3.55. The molecule has 0 aliphatic heterocycles. The molecule has 0 radical (unpaired) electrons. The number of aliphatic carboxylic acids is 1. The molecule has 92 valence electrons. The number of carbonyl (C=O) groups is 2. The first kappa shape index (κ1) is 13.2. The van der Waals surface area contributed by atoms with Gasteiger partial charge in [0.25, 0.3) is 0 Å². The maximum Gasteiger partial charge on any atom is 0.341 e. The Balaban J connectivity index is 2.90. The van der Waals surface area contributed by atoms with Crippen molar-refractivity contribution in [1.82, 2.24) is 0 Å². The minimum atomic E-state index is -1.01. The molecular weight excluding hydrogens is 227 g/mol. The third-order valence-electron chi connectivity index (χ3n) is 2.18. The molecule has 1 rings (SSSR count). The Bertz CT molecular complexity index is 429. The molecule has 0 fully saturated rings. The van der Waals surface area contributed by atoms with Crippen LogP contribution in [0.3, 0.4) is 0 Å². The summed E-state index contributed by atoms with van der Waals surface area (Å²) in [6.07, 6.45) is -0.127. The Hall–Kier alpha value is -1.91. The molecular formula is C12H13FO4. The number of aryl methyl sites for hydroxylation is 1. The minimum absolute atomic E-state index is 0.0500. The largest absolute Gasteiger partial charge is 0.481 e. The fourth-order valence-electron chi connectivity index (χ4n) is 1.38. The van der Waals surface area contributed by atoms with Crippen molar-refractivity contribution in [2.24, 2.45) is 0 Å². The lowest BCUT2D eigenvalue weighted by Gasteiger charge is -2.06. The lowest BCUT2D eigenvalue weighted by Crippen LogP contribution is -2.09. The van der Waals surface area contributed by atoms with Gasteiger partial charge in [0.05, 0.1) is 12.2 Å². The Morgan fingerprint density at radius 1 is 1.41 bits per heavy atom. The molecule has 0 bridgehead atoms. The molecule has 0 atom stereocenters. The summed E-state index contributed by atoms with van der Waals surface area (Å²) in [6, 6.07) is 4.28. The molecule has 4 nitrogen and oxygen atoms in total. The van der Waals surface area contributed by atoms with E-state index >= 15 is 0 Å². The van der Waals surface area contributed by atoms with Gasteiger partial charge in [-0.15, -0.1) is 0 Å². The molecule has 1 N–H and O–H groups in total. The SMILES string of the molecule is CCOC(=O)c1cccc(CCC(=O)O)c1F. The van der Waals surface area contributed by atoms with E-state index in [4.69, 9.17) is 9.84 Å². The second-order valence-corrected chi connectivity index (χ2v) is 3.39. The Labute approximate surface area is 98.0 Å². The van der Waals surface area contributed by atoms with Gasteiger partial charge in [-0.1, -0.05) is 12.1 Å². The van der Waals surface area contributed by atoms with E-state index in [1.165, 1.54) is 18.2 Å². The van der Waals surface area contributed by atoms with Crippen molar-refractivity contribution in [3.8, 4) is 0 Å². The standard InChI is InChI=1S/C12H13FO4/c1-2-17-12(16)9-5-3-4-8(11(9)13)6-7-10(14)15/h3-5H,2,6-7H2,1H3,(H,14,15). The van der Waals surface area contributed by atoms with Gasteiger partial charge in [0.15, 0.2) is 0 Å². The van der Waals surface area contributed by atoms with Crippen molar-refractivity contribution in [2.45, 2.75) is 19.8 Å². The molecule has 0 heterocycles. The molecule has 1 aromatic rings. The molecule has 0 aromatic heterocycles. The number of ether oxygens (including phenoxy) is 1. The fraction of sp³-hybridized carbons (Fsp3) is 0.333. The van der Waals surface area contributed by atoms with Crippen molar-refractivity contribution in [2.75, 3.05) is 6.61 Å². The highest BCUT2D eigenvalue weighted by atomic mass is 19.1. The van der Waals surface area contributed by atoms with Crippen LogP contribution in [0.2, 0.25) is 0 Å². The van der Waals surface area contributed by atoms with Gasteiger partial charge < -0.3 is 9.84 Å². The van der Waals surface area contributed by atoms with Crippen molar-refractivity contribution < 1.29 is 23.8 Å².